The third kappa shape index (κ3) is 2.18. The van der Waals surface area contributed by atoms with Crippen LogP contribution in [0.15, 0.2) is 24.3 Å². The SMILES string of the molecule is CCc1nnc2n1CCN([C@H]1CCCc3ccccc31)C2. The Morgan fingerprint density at radius 1 is 1.19 bits per heavy atom. The Morgan fingerprint density at radius 3 is 3.00 bits per heavy atom. The smallest absolute Gasteiger partial charge is 0.147 e. The highest BCUT2D eigenvalue weighted by Gasteiger charge is 2.29. The topological polar surface area (TPSA) is 34.0 Å². The Balaban J connectivity index is 1.62. The van der Waals surface area contributed by atoms with Gasteiger partial charge in [0, 0.05) is 25.6 Å². The van der Waals surface area contributed by atoms with Gasteiger partial charge < -0.3 is 4.57 Å². The Hall–Kier alpha value is -1.68. The van der Waals surface area contributed by atoms with Gasteiger partial charge in [0.25, 0.3) is 0 Å². The third-order valence-corrected chi connectivity index (χ3v) is 4.95. The quantitative estimate of drug-likeness (QED) is 0.849. The van der Waals surface area contributed by atoms with Crippen molar-refractivity contribution < 1.29 is 0 Å². The average molecular weight is 282 g/mol. The van der Waals surface area contributed by atoms with Crippen molar-refractivity contribution in [1.82, 2.24) is 19.7 Å². The molecule has 0 saturated carbocycles. The predicted octanol–water partition coefficient (Wildman–Crippen LogP) is 2.73. The van der Waals surface area contributed by atoms with E-state index in [0.29, 0.717) is 6.04 Å². The highest BCUT2D eigenvalue weighted by Crippen LogP contribution is 2.35. The molecule has 4 rings (SSSR count). The second-order valence-corrected chi connectivity index (χ2v) is 6.11. The monoisotopic (exact) mass is 282 g/mol. The molecule has 0 saturated heterocycles. The zero-order valence-corrected chi connectivity index (χ0v) is 12.6. The van der Waals surface area contributed by atoms with Crippen LogP contribution in [0.4, 0.5) is 0 Å². The lowest BCUT2D eigenvalue weighted by Gasteiger charge is -2.38. The van der Waals surface area contributed by atoms with E-state index in [1.54, 1.807) is 0 Å². The molecule has 4 nitrogen and oxygen atoms in total. The van der Waals surface area contributed by atoms with Gasteiger partial charge in [-0.1, -0.05) is 31.2 Å². The molecule has 2 aromatic rings. The molecule has 21 heavy (non-hydrogen) atoms. The van der Waals surface area contributed by atoms with E-state index in [1.807, 2.05) is 0 Å². The second kappa shape index (κ2) is 5.26. The Labute approximate surface area is 125 Å². The molecular formula is C17H22N4. The first-order valence-electron chi connectivity index (χ1n) is 8.09. The summed E-state index contributed by atoms with van der Waals surface area (Å²) >= 11 is 0. The number of hydrogen-bond acceptors (Lipinski definition) is 3. The van der Waals surface area contributed by atoms with Crippen LogP contribution in [0.3, 0.4) is 0 Å². The number of nitrogens with zero attached hydrogens (tertiary/aromatic N) is 4. The minimum absolute atomic E-state index is 0.561. The molecule has 0 radical (unpaired) electrons. The van der Waals surface area contributed by atoms with Crippen LogP contribution in [-0.2, 0) is 25.9 Å². The van der Waals surface area contributed by atoms with Gasteiger partial charge in [0.15, 0.2) is 0 Å². The first kappa shape index (κ1) is 13.0. The van der Waals surface area contributed by atoms with Gasteiger partial charge in [0.2, 0.25) is 0 Å². The summed E-state index contributed by atoms with van der Waals surface area (Å²) in [5.74, 6) is 2.27. The zero-order valence-electron chi connectivity index (χ0n) is 12.6. The van der Waals surface area contributed by atoms with E-state index in [4.69, 9.17) is 0 Å². The number of benzene rings is 1. The fraction of sp³-hybridized carbons (Fsp3) is 0.529. The molecule has 1 atom stereocenters. The number of fused-ring (bicyclic) bond motifs is 2. The minimum atomic E-state index is 0.561. The number of rotatable bonds is 2. The predicted molar refractivity (Wildman–Crippen MR) is 81.9 cm³/mol. The molecule has 1 aliphatic heterocycles. The van der Waals surface area contributed by atoms with Gasteiger partial charge in [-0.2, -0.15) is 0 Å². The van der Waals surface area contributed by atoms with Gasteiger partial charge in [-0.25, -0.2) is 0 Å². The largest absolute Gasteiger partial charge is 0.313 e. The first-order valence-corrected chi connectivity index (χ1v) is 8.09. The van der Waals surface area contributed by atoms with E-state index in [0.717, 1.165) is 37.7 Å². The van der Waals surface area contributed by atoms with E-state index >= 15 is 0 Å². The van der Waals surface area contributed by atoms with Gasteiger partial charge in [-0.05, 0) is 30.4 Å². The molecule has 1 aromatic carbocycles. The van der Waals surface area contributed by atoms with Crippen LogP contribution in [0.1, 0.15) is 48.6 Å². The molecule has 1 aromatic heterocycles. The van der Waals surface area contributed by atoms with E-state index in [9.17, 15) is 0 Å². The second-order valence-electron chi connectivity index (χ2n) is 6.11. The van der Waals surface area contributed by atoms with Crippen LogP contribution in [0.2, 0.25) is 0 Å². The summed E-state index contributed by atoms with van der Waals surface area (Å²) in [7, 11) is 0. The van der Waals surface area contributed by atoms with Crippen molar-refractivity contribution in [3.63, 3.8) is 0 Å². The van der Waals surface area contributed by atoms with Gasteiger partial charge in [0.1, 0.15) is 11.6 Å². The molecule has 1 aliphatic carbocycles. The van der Waals surface area contributed by atoms with Crippen LogP contribution >= 0.6 is 0 Å². The molecule has 0 spiro atoms. The number of hydrogen-bond donors (Lipinski definition) is 0. The summed E-state index contributed by atoms with van der Waals surface area (Å²) in [6, 6.07) is 9.52. The van der Waals surface area contributed by atoms with Crippen molar-refractivity contribution in [3.05, 3.63) is 47.0 Å². The van der Waals surface area contributed by atoms with E-state index < -0.39 is 0 Å². The normalized spacial score (nSPS) is 21.9. The van der Waals surface area contributed by atoms with E-state index in [-0.39, 0.29) is 0 Å². The van der Waals surface area contributed by atoms with Crippen molar-refractivity contribution in [2.75, 3.05) is 6.54 Å². The van der Waals surface area contributed by atoms with Crippen molar-refractivity contribution in [2.45, 2.75) is 51.7 Å². The molecule has 0 amide bonds. The van der Waals surface area contributed by atoms with Gasteiger partial charge in [-0.3, -0.25) is 4.90 Å². The van der Waals surface area contributed by atoms with Crippen molar-refractivity contribution >= 4 is 0 Å². The molecule has 0 N–H and O–H groups in total. The fourth-order valence-corrected chi connectivity index (χ4v) is 3.87. The molecule has 2 aliphatic rings. The maximum atomic E-state index is 4.40. The number of aromatic nitrogens is 3. The van der Waals surface area contributed by atoms with E-state index in [1.165, 1.54) is 30.4 Å². The lowest BCUT2D eigenvalue weighted by Crippen LogP contribution is -2.38. The lowest BCUT2D eigenvalue weighted by atomic mass is 9.86. The van der Waals surface area contributed by atoms with Crippen molar-refractivity contribution in [2.24, 2.45) is 0 Å². The molecule has 0 fully saturated rings. The summed E-state index contributed by atoms with van der Waals surface area (Å²) < 4.78 is 2.31. The maximum absolute atomic E-state index is 4.40. The fourth-order valence-electron chi connectivity index (χ4n) is 3.87. The Kier molecular flexibility index (Phi) is 3.26. The summed E-state index contributed by atoms with van der Waals surface area (Å²) in [5.41, 5.74) is 3.07. The molecule has 2 heterocycles. The van der Waals surface area contributed by atoms with Crippen molar-refractivity contribution in [1.29, 1.82) is 0 Å². The highest BCUT2D eigenvalue weighted by molar-refractivity contribution is 5.32. The standard InChI is InChI=1S/C17H22N4/c1-2-16-18-19-17-12-20(10-11-21(16)17)15-9-5-7-13-6-3-4-8-14(13)15/h3-4,6,8,15H,2,5,7,9-12H2,1H3/t15-/m0/s1. The number of aryl methyl sites for hydroxylation is 2. The third-order valence-electron chi connectivity index (χ3n) is 4.95. The van der Waals surface area contributed by atoms with Crippen LogP contribution in [0, 0.1) is 0 Å². The lowest BCUT2D eigenvalue weighted by molar-refractivity contribution is 0.137. The molecule has 0 bridgehead atoms. The van der Waals surface area contributed by atoms with Crippen LogP contribution in [0.25, 0.3) is 0 Å². The molecule has 0 unspecified atom stereocenters. The Morgan fingerprint density at radius 2 is 2.10 bits per heavy atom. The summed E-state index contributed by atoms with van der Waals surface area (Å²) in [4.78, 5) is 2.60. The summed E-state index contributed by atoms with van der Waals surface area (Å²) in [6.07, 6.45) is 4.77. The summed E-state index contributed by atoms with van der Waals surface area (Å²) in [6.45, 7) is 5.23. The van der Waals surface area contributed by atoms with Crippen LogP contribution in [0.5, 0.6) is 0 Å². The van der Waals surface area contributed by atoms with Gasteiger partial charge in [0.05, 0.1) is 6.54 Å². The van der Waals surface area contributed by atoms with Crippen molar-refractivity contribution in [3.8, 4) is 0 Å². The van der Waals surface area contributed by atoms with Crippen LogP contribution in [-0.4, -0.2) is 26.2 Å². The minimum Gasteiger partial charge on any atom is -0.313 e. The van der Waals surface area contributed by atoms with Crippen LogP contribution < -0.4 is 0 Å². The van der Waals surface area contributed by atoms with E-state index in [2.05, 4.69) is 50.9 Å². The Bertz CT molecular complexity index is 646. The van der Waals surface area contributed by atoms with Gasteiger partial charge >= 0.3 is 0 Å². The molecule has 4 heteroatoms. The summed E-state index contributed by atoms with van der Waals surface area (Å²) in [5, 5.41) is 8.73. The zero-order chi connectivity index (χ0) is 14.2. The van der Waals surface area contributed by atoms with Gasteiger partial charge in [-0.15, -0.1) is 10.2 Å². The first-order chi connectivity index (χ1) is 10.4. The molecular weight excluding hydrogens is 260 g/mol. The maximum Gasteiger partial charge on any atom is 0.147 e. The molecule has 110 valence electrons. The average Bonchev–Trinajstić information content (AvgIpc) is 2.96. The highest BCUT2D eigenvalue weighted by atomic mass is 15.3.